The molecule has 76 valence electrons. The summed E-state index contributed by atoms with van der Waals surface area (Å²) in [5.74, 6) is 0.000923. The van der Waals surface area contributed by atoms with Crippen molar-refractivity contribution in [3.8, 4) is 0 Å². The average molecular weight is 196 g/mol. The number of carbonyl (C=O) groups excluding carboxylic acids is 1. The average Bonchev–Trinajstić information content (AvgIpc) is 2.87. The van der Waals surface area contributed by atoms with E-state index < -0.39 is 0 Å². The third-order valence-corrected chi connectivity index (χ3v) is 2.14. The standard InChI is InChI=1S/C8H12N4O2/c13-8(7-10-5-11-12-7)9-4-6-2-1-3-14-6/h5-6H,1-4H2,(H,9,13)(H,10,11,12)/t6-/m1/s1. The smallest absolute Gasteiger partial charge is 0.288 e. The van der Waals surface area contributed by atoms with Gasteiger partial charge >= 0.3 is 0 Å². The molecule has 1 aromatic heterocycles. The van der Waals surface area contributed by atoms with Crippen LogP contribution in [0.1, 0.15) is 23.5 Å². The van der Waals surface area contributed by atoms with Crippen LogP contribution in [0.4, 0.5) is 0 Å². The first-order valence-electron chi connectivity index (χ1n) is 4.61. The number of amides is 1. The summed E-state index contributed by atoms with van der Waals surface area (Å²) in [6, 6.07) is 0. The summed E-state index contributed by atoms with van der Waals surface area (Å²) in [5.41, 5.74) is 0. The zero-order valence-electron chi connectivity index (χ0n) is 7.69. The van der Waals surface area contributed by atoms with E-state index in [1.54, 1.807) is 0 Å². The molecule has 0 aromatic carbocycles. The predicted octanol–water partition coefficient (Wildman–Crippen LogP) is -0.287. The molecule has 2 heterocycles. The Hall–Kier alpha value is -1.43. The first kappa shape index (κ1) is 9.14. The second-order valence-corrected chi connectivity index (χ2v) is 3.18. The normalized spacial score (nSPS) is 21.0. The number of carbonyl (C=O) groups is 1. The fraction of sp³-hybridized carbons (Fsp3) is 0.625. The lowest BCUT2D eigenvalue weighted by atomic mass is 10.2. The van der Waals surface area contributed by atoms with Crippen LogP contribution in [0.25, 0.3) is 0 Å². The molecule has 0 bridgehead atoms. The highest BCUT2D eigenvalue weighted by atomic mass is 16.5. The highest BCUT2D eigenvalue weighted by Crippen LogP contribution is 2.10. The quantitative estimate of drug-likeness (QED) is 0.696. The molecule has 0 aliphatic carbocycles. The summed E-state index contributed by atoms with van der Waals surface area (Å²) in [7, 11) is 0. The van der Waals surface area contributed by atoms with Gasteiger partial charge in [0.05, 0.1) is 6.10 Å². The highest BCUT2D eigenvalue weighted by Gasteiger charge is 2.17. The summed E-state index contributed by atoms with van der Waals surface area (Å²) in [5, 5.41) is 8.82. The minimum atomic E-state index is -0.238. The van der Waals surface area contributed by atoms with Crippen LogP contribution in [-0.4, -0.2) is 40.3 Å². The van der Waals surface area contributed by atoms with Crippen LogP contribution in [0, 0.1) is 0 Å². The third-order valence-electron chi connectivity index (χ3n) is 2.14. The maximum atomic E-state index is 11.4. The van der Waals surface area contributed by atoms with Gasteiger partial charge in [-0.25, -0.2) is 4.98 Å². The molecule has 1 saturated heterocycles. The van der Waals surface area contributed by atoms with Crippen LogP contribution >= 0.6 is 0 Å². The van der Waals surface area contributed by atoms with E-state index in [0.29, 0.717) is 6.54 Å². The Morgan fingerprint density at radius 3 is 3.36 bits per heavy atom. The van der Waals surface area contributed by atoms with Crippen molar-refractivity contribution in [1.82, 2.24) is 20.5 Å². The fourth-order valence-electron chi connectivity index (χ4n) is 1.41. The highest BCUT2D eigenvalue weighted by molar-refractivity contribution is 5.90. The second-order valence-electron chi connectivity index (χ2n) is 3.18. The van der Waals surface area contributed by atoms with Crippen molar-refractivity contribution in [2.24, 2.45) is 0 Å². The lowest BCUT2D eigenvalue weighted by Crippen LogP contribution is -2.32. The molecule has 0 saturated carbocycles. The zero-order valence-corrected chi connectivity index (χ0v) is 7.69. The van der Waals surface area contributed by atoms with Gasteiger partial charge in [0.2, 0.25) is 5.82 Å². The maximum absolute atomic E-state index is 11.4. The zero-order chi connectivity index (χ0) is 9.80. The summed E-state index contributed by atoms with van der Waals surface area (Å²) >= 11 is 0. The van der Waals surface area contributed by atoms with Crippen molar-refractivity contribution < 1.29 is 9.53 Å². The van der Waals surface area contributed by atoms with Gasteiger partial charge in [-0.1, -0.05) is 0 Å². The number of nitrogens with zero attached hydrogens (tertiary/aromatic N) is 2. The van der Waals surface area contributed by atoms with E-state index in [0.717, 1.165) is 19.4 Å². The molecule has 1 atom stereocenters. The predicted molar refractivity (Wildman–Crippen MR) is 47.7 cm³/mol. The van der Waals surface area contributed by atoms with Crippen molar-refractivity contribution in [2.45, 2.75) is 18.9 Å². The number of aromatic amines is 1. The van der Waals surface area contributed by atoms with Crippen LogP contribution in [0.5, 0.6) is 0 Å². The number of nitrogens with one attached hydrogen (secondary N) is 2. The summed E-state index contributed by atoms with van der Waals surface area (Å²) < 4.78 is 5.36. The van der Waals surface area contributed by atoms with E-state index in [4.69, 9.17) is 4.74 Å². The van der Waals surface area contributed by atoms with Gasteiger partial charge in [-0.3, -0.25) is 9.89 Å². The molecule has 0 spiro atoms. The van der Waals surface area contributed by atoms with E-state index in [-0.39, 0.29) is 17.8 Å². The molecule has 14 heavy (non-hydrogen) atoms. The number of aromatic nitrogens is 3. The van der Waals surface area contributed by atoms with Gasteiger partial charge in [-0.15, -0.1) is 0 Å². The summed E-state index contributed by atoms with van der Waals surface area (Å²) in [6.45, 7) is 1.34. The molecular formula is C8H12N4O2. The maximum Gasteiger partial charge on any atom is 0.288 e. The largest absolute Gasteiger partial charge is 0.376 e. The van der Waals surface area contributed by atoms with Crippen molar-refractivity contribution in [3.05, 3.63) is 12.2 Å². The first-order chi connectivity index (χ1) is 6.86. The molecule has 1 aliphatic rings. The molecule has 0 unspecified atom stereocenters. The van der Waals surface area contributed by atoms with Crippen molar-refractivity contribution >= 4 is 5.91 Å². The number of hydrogen-bond donors (Lipinski definition) is 2. The fourth-order valence-corrected chi connectivity index (χ4v) is 1.41. The van der Waals surface area contributed by atoms with Crippen LogP contribution in [0.15, 0.2) is 6.33 Å². The molecule has 6 heteroatoms. The molecule has 6 nitrogen and oxygen atoms in total. The van der Waals surface area contributed by atoms with Crippen molar-refractivity contribution in [2.75, 3.05) is 13.2 Å². The molecule has 0 radical (unpaired) electrons. The van der Waals surface area contributed by atoms with Gasteiger partial charge in [0, 0.05) is 13.2 Å². The van der Waals surface area contributed by atoms with Crippen LogP contribution in [-0.2, 0) is 4.74 Å². The summed E-state index contributed by atoms with van der Waals surface area (Å²) in [6.07, 6.45) is 3.54. The van der Waals surface area contributed by atoms with Crippen LogP contribution in [0.2, 0.25) is 0 Å². The Morgan fingerprint density at radius 2 is 2.71 bits per heavy atom. The Morgan fingerprint density at radius 1 is 1.79 bits per heavy atom. The van der Waals surface area contributed by atoms with Crippen molar-refractivity contribution in [1.29, 1.82) is 0 Å². The summed E-state index contributed by atoms with van der Waals surface area (Å²) in [4.78, 5) is 15.1. The number of ether oxygens (including phenoxy) is 1. The van der Waals surface area contributed by atoms with Gasteiger partial charge < -0.3 is 10.1 Å². The van der Waals surface area contributed by atoms with Crippen LogP contribution in [0.3, 0.4) is 0 Å². The lowest BCUT2D eigenvalue weighted by molar-refractivity contribution is 0.0849. The second kappa shape index (κ2) is 4.19. The van der Waals surface area contributed by atoms with E-state index in [2.05, 4.69) is 20.5 Å². The lowest BCUT2D eigenvalue weighted by Gasteiger charge is -2.09. The minimum Gasteiger partial charge on any atom is -0.376 e. The van der Waals surface area contributed by atoms with Gasteiger partial charge in [-0.2, -0.15) is 5.10 Å². The van der Waals surface area contributed by atoms with E-state index in [1.165, 1.54) is 6.33 Å². The van der Waals surface area contributed by atoms with Gasteiger partial charge in [0.1, 0.15) is 6.33 Å². The number of hydrogen-bond acceptors (Lipinski definition) is 4. The Bertz CT molecular complexity index is 292. The van der Waals surface area contributed by atoms with E-state index in [1.807, 2.05) is 0 Å². The van der Waals surface area contributed by atoms with Crippen molar-refractivity contribution in [3.63, 3.8) is 0 Å². The van der Waals surface area contributed by atoms with E-state index in [9.17, 15) is 4.79 Å². The SMILES string of the molecule is O=C(NC[C@H]1CCCO1)c1ncn[nH]1. The molecule has 1 amide bonds. The van der Waals surface area contributed by atoms with Gasteiger partial charge in [0.15, 0.2) is 0 Å². The van der Waals surface area contributed by atoms with E-state index >= 15 is 0 Å². The monoisotopic (exact) mass is 196 g/mol. The number of rotatable bonds is 3. The van der Waals surface area contributed by atoms with Crippen LogP contribution < -0.4 is 5.32 Å². The molecular weight excluding hydrogens is 184 g/mol. The molecule has 2 N–H and O–H groups in total. The molecule has 1 fully saturated rings. The molecule has 1 aromatic rings. The first-order valence-corrected chi connectivity index (χ1v) is 4.61. The Labute approximate surface area is 81.1 Å². The number of H-pyrrole nitrogens is 1. The van der Waals surface area contributed by atoms with Gasteiger partial charge in [-0.05, 0) is 12.8 Å². The Balaban J connectivity index is 1.78. The molecule has 2 rings (SSSR count). The third kappa shape index (κ3) is 2.08. The van der Waals surface area contributed by atoms with Gasteiger partial charge in [0.25, 0.3) is 5.91 Å². The topological polar surface area (TPSA) is 79.9 Å². The molecule has 1 aliphatic heterocycles. The minimum absolute atomic E-state index is 0.155. The Kier molecular flexibility index (Phi) is 2.73.